The van der Waals surface area contributed by atoms with Gasteiger partial charge in [0.25, 0.3) is 0 Å². The van der Waals surface area contributed by atoms with Crippen LogP contribution in [-0.2, 0) is 9.59 Å². The van der Waals surface area contributed by atoms with Gasteiger partial charge >= 0.3 is 11.8 Å². The zero-order valence-electron chi connectivity index (χ0n) is 14.9. The number of carbonyl (C=O) groups is 2. The van der Waals surface area contributed by atoms with Gasteiger partial charge in [0, 0.05) is 12.6 Å². The Bertz CT molecular complexity index is 367. The molecule has 0 heterocycles. The molecule has 0 aromatic heterocycles. The van der Waals surface area contributed by atoms with Crippen molar-refractivity contribution in [3.63, 3.8) is 0 Å². The van der Waals surface area contributed by atoms with Gasteiger partial charge in [0.1, 0.15) is 0 Å². The minimum absolute atomic E-state index is 0.152. The van der Waals surface area contributed by atoms with Crippen LogP contribution in [0.25, 0.3) is 0 Å². The Labute approximate surface area is 135 Å². The zero-order chi connectivity index (χ0) is 16.8. The number of nitrogens with one attached hydrogen (secondary N) is 2. The van der Waals surface area contributed by atoms with E-state index in [0.717, 1.165) is 38.6 Å². The molecule has 2 N–H and O–H groups in total. The summed E-state index contributed by atoms with van der Waals surface area (Å²) in [5, 5.41) is 5.56. The molecule has 1 aliphatic carbocycles. The Hall–Kier alpha value is -1.10. The van der Waals surface area contributed by atoms with Crippen LogP contribution in [0.2, 0.25) is 0 Å². The van der Waals surface area contributed by atoms with Gasteiger partial charge in [0.2, 0.25) is 0 Å². The first-order valence-electron chi connectivity index (χ1n) is 8.43. The molecule has 1 rings (SSSR count). The number of nitrogens with zero attached hydrogens (tertiary/aromatic N) is 1. The number of hydrogen-bond donors (Lipinski definition) is 2. The molecule has 1 saturated carbocycles. The minimum atomic E-state index is -0.503. The first-order valence-corrected chi connectivity index (χ1v) is 8.43. The SMILES string of the molecule is CN(C)CCCNC(=O)C(=O)NC1CCC(C(C)(C)C)CC1. The predicted molar refractivity (Wildman–Crippen MR) is 89.5 cm³/mol. The first-order chi connectivity index (χ1) is 10.2. The van der Waals surface area contributed by atoms with Crippen molar-refractivity contribution in [3.05, 3.63) is 0 Å². The maximum Gasteiger partial charge on any atom is 0.309 e. The van der Waals surface area contributed by atoms with E-state index in [2.05, 4.69) is 36.3 Å². The van der Waals surface area contributed by atoms with Gasteiger partial charge < -0.3 is 15.5 Å². The van der Waals surface area contributed by atoms with Gasteiger partial charge in [0.05, 0.1) is 0 Å². The summed E-state index contributed by atoms with van der Waals surface area (Å²) in [5.74, 6) is -0.277. The fourth-order valence-corrected chi connectivity index (χ4v) is 3.03. The van der Waals surface area contributed by atoms with E-state index in [9.17, 15) is 9.59 Å². The van der Waals surface area contributed by atoms with Crippen molar-refractivity contribution in [2.75, 3.05) is 27.2 Å². The Balaban J connectivity index is 2.24. The highest BCUT2D eigenvalue weighted by Gasteiger charge is 2.30. The molecule has 0 unspecified atom stereocenters. The van der Waals surface area contributed by atoms with Crippen molar-refractivity contribution in [1.82, 2.24) is 15.5 Å². The largest absolute Gasteiger partial charge is 0.348 e. The highest BCUT2D eigenvalue weighted by atomic mass is 16.2. The molecule has 5 nitrogen and oxygen atoms in total. The Morgan fingerprint density at radius 3 is 2.14 bits per heavy atom. The molecule has 0 aromatic rings. The lowest BCUT2D eigenvalue weighted by Crippen LogP contribution is -2.46. The molecule has 0 bridgehead atoms. The summed E-state index contributed by atoms with van der Waals surface area (Å²) in [6.45, 7) is 8.27. The smallest absolute Gasteiger partial charge is 0.309 e. The molecule has 0 radical (unpaired) electrons. The molecule has 22 heavy (non-hydrogen) atoms. The van der Waals surface area contributed by atoms with E-state index in [-0.39, 0.29) is 6.04 Å². The molecule has 1 fully saturated rings. The molecule has 2 amide bonds. The summed E-state index contributed by atoms with van der Waals surface area (Å²) in [6.07, 6.45) is 5.05. The molecular weight excluding hydrogens is 278 g/mol. The fourth-order valence-electron chi connectivity index (χ4n) is 3.03. The number of hydrogen-bond acceptors (Lipinski definition) is 3. The van der Waals surface area contributed by atoms with E-state index < -0.39 is 11.8 Å². The lowest BCUT2D eigenvalue weighted by Gasteiger charge is -2.37. The van der Waals surface area contributed by atoms with E-state index in [1.54, 1.807) is 0 Å². The fraction of sp³-hybridized carbons (Fsp3) is 0.882. The van der Waals surface area contributed by atoms with E-state index in [0.29, 0.717) is 17.9 Å². The van der Waals surface area contributed by atoms with Crippen molar-refractivity contribution in [3.8, 4) is 0 Å². The number of rotatable bonds is 5. The van der Waals surface area contributed by atoms with Crippen LogP contribution in [0.5, 0.6) is 0 Å². The van der Waals surface area contributed by atoms with Crippen LogP contribution in [0.3, 0.4) is 0 Å². The maximum absolute atomic E-state index is 11.9. The maximum atomic E-state index is 11.9. The lowest BCUT2D eigenvalue weighted by molar-refractivity contribution is -0.139. The van der Waals surface area contributed by atoms with Gasteiger partial charge in [-0.25, -0.2) is 0 Å². The standard InChI is InChI=1S/C17H33N3O2/c1-17(2,3)13-7-9-14(10-8-13)19-16(22)15(21)18-11-6-12-20(4)5/h13-14H,6-12H2,1-5H3,(H,18,21)(H,19,22). The van der Waals surface area contributed by atoms with Crippen molar-refractivity contribution >= 4 is 11.8 Å². The van der Waals surface area contributed by atoms with Gasteiger partial charge in [-0.05, 0) is 64.1 Å². The third kappa shape index (κ3) is 6.77. The summed E-state index contributed by atoms with van der Waals surface area (Å²) in [5.41, 5.74) is 0.332. The second kappa shape index (κ2) is 8.51. The van der Waals surface area contributed by atoms with Crippen LogP contribution in [0.15, 0.2) is 0 Å². The Kier molecular flexibility index (Phi) is 7.33. The molecule has 128 valence electrons. The van der Waals surface area contributed by atoms with E-state index in [4.69, 9.17) is 0 Å². The average Bonchev–Trinajstić information content (AvgIpc) is 2.42. The second-order valence-corrected chi connectivity index (χ2v) is 7.80. The van der Waals surface area contributed by atoms with Crippen molar-refractivity contribution < 1.29 is 9.59 Å². The van der Waals surface area contributed by atoms with Gasteiger partial charge in [0.15, 0.2) is 0 Å². The molecule has 0 aliphatic heterocycles. The molecular formula is C17H33N3O2. The molecule has 0 spiro atoms. The zero-order valence-corrected chi connectivity index (χ0v) is 14.9. The van der Waals surface area contributed by atoms with Gasteiger partial charge in [-0.2, -0.15) is 0 Å². The highest BCUT2D eigenvalue weighted by molar-refractivity contribution is 6.35. The Morgan fingerprint density at radius 1 is 1.05 bits per heavy atom. The molecule has 0 atom stereocenters. The first kappa shape index (κ1) is 18.9. The third-order valence-electron chi connectivity index (χ3n) is 4.56. The monoisotopic (exact) mass is 311 g/mol. The van der Waals surface area contributed by atoms with Crippen molar-refractivity contribution in [2.24, 2.45) is 11.3 Å². The van der Waals surface area contributed by atoms with Crippen LogP contribution in [0.4, 0.5) is 0 Å². The predicted octanol–water partition coefficient (Wildman–Crippen LogP) is 1.78. The minimum Gasteiger partial charge on any atom is -0.348 e. The van der Waals surface area contributed by atoms with E-state index >= 15 is 0 Å². The van der Waals surface area contributed by atoms with Crippen LogP contribution in [0.1, 0.15) is 52.9 Å². The molecule has 5 heteroatoms. The summed E-state index contributed by atoms with van der Waals surface area (Å²) in [6, 6.07) is 0.152. The summed E-state index contributed by atoms with van der Waals surface area (Å²) in [7, 11) is 3.98. The topological polar surface area (TPSA) is 61.4 Å². The second-order valence-electron chi connectivity index (χ2n) is 7.80. The van der Waals surface area contributed by atoms with Crippen LogP contribution < -0.4 is 10.6 Å². The molecule has 0 aromatic carbocycles. The van der Waals surface area contributed by atoms with Gasteiger partial charge in [-0.3, -0.25) is 9.59 Å². The number of carbonyl (C=O) groups excluding carboxylic acids is 2. The summed E-state index contributed by atoms with van der Waals surface area (Å²) < 4.78 is 0. The van der Waals surface area contributed by atoms with Crippen molar-refractivity contribution in [1.29, 1.82) is 0 Å². The van der Waals surface area contributed by atoms with Crippen LogP contribution in [0, 0.1) is 11.3 Å². The summed E-state index contributed by atoms with van der Waals surface area (Å²) in [4.78, 5) is 25.7. The van der Waals surface area contributed by atoms with E-state index in [1.165, 1.54) is 0 Å². The quantitative estimate of drug-likeness (QED) is 0.601. The Morgan fingerprint density at radius 2 is 1.64 bits per heavy atom. The number of amides is 2. The summed E-state index contributed by atoms with van der Waals surface area (Å²) >= 11 is 0. The highest BCUT2D eigenvalue weighted by Crippen LogP contribution is 2.37. The lowest BCUT2D eigenvalue weighted by atomic mass is 9.71. The van der Waals surface area contributed by atoms with Crippen LogP contribution >= 0.6 is 0 Å². The average molecular weight is 311 g/mol. The van der Waals surface area contributed by atoms with Crippen LogP contribution in [-0.4, -0.2) is 49.9 Å². The van der Waals surface area contributed by atoms with Crippen molar-refractivity contribution in [2.45, 2.75) is 58.9 Å². The van der Waals surface area contributed by atoms with Gasteiger partial charge in [-0.1, -0.05) is 20.8 Å². The molecule has 1 aliphatic rings. The van der Waals surface area contributed by atoms with E-state index in [1.807, 2.05) is 14.1 Å². The third-order valence-corrected chi connectivity index (χ3v) is 4.56. The van der Waals surface area contributed by atoms with Gasteiger partial charge in [-0.15, -0.1) is 0 Å². The molecule has 0 saturated heterocycles. The normalized spacial score (nSPS) is 22.5.